The SMILES string of the molecule is CC(C)c1ccccc1OCCNc1ccccc1. The van der Waals surface area contributed by atoms with E-state index in [9.17, 15) is 0 Å². The molecule has 0 saturated heterocycles. The Morgan fingerprint density at radius 1 is 0.947 bits per heavy atom. The van der Waals surface area contributed by atoms with E-state index in [0.29, 0.717) is 12.5 Å². The number of nitrogens with one attached hydrogen (secondary N) is 1. The molecule has 0 aliphatic carbocycles. The van der Waals surface area contributed by atoms with E-state index in [1.807, 2.05) is 30.3 Å². The first-order valence-corrected chi connectivity index (χ1v) is 6.78. The summed E-state index contributed by atoms with van der Waals surface area (Å²) < 4.78 is 5.86. The number of anilines is 1. The molecule has 1 N–H and O–H groups in total. The van der Waals surface area contributed by atoms with Crippen LogP contribution in [0.3, 0.4) is 0 Å². The van der Waals surface area contributed by atoms with Crippen molar-refractivity contribution >= 4 is 5.69 Å². The Bertz CT molecular complexity index is 494. The molecule has 2 rings (SSSR count). The third-order valence-corrected chi connectivity index (χ3v) is 3.00. The number of rotatable bonds is 6. The summed E-state index contributed by atoms with van der Waals surface area (Å²) in [7, 11) is 0. The van der Waals surface area contributed by atoms with Crippen LogP contribution in [0.25, 0.3) is 0 Å². The lowest BCUT2D eigenvalue weighted by Crippen LogP contribution is -2.12. The third-order valence-electron chi connectivity index (χ3n) is 3.00. The molecular weight excluding hydrogens is 234 g/mol. The van der Waals surface area contributed by atoms with Gasteiger partial charge in [-0.15, -0.1) is 0 Å². The average molecular weight is 255 g/mol. The highest BCUT2D eigenvalue weighted by molar-refractivity contribution is 5.42. The maximum Gasteiger partial charge on any atom is 0.122 e. The Labute approximate surface area is 115 Å². The van der Waals surface area contributed by atoms with Gasteiger partial charge in [-0.3, -0.25) is 0 Å². The first kappa shape index (κ1) is 13.5. The fraction of sp³-hybridized carbons (Fsp3) is 0.294. The molecule has 0 amide bonds. The van der Waals surface area contributed by atoms with E-state index in [1.165, 1.54) is 5.56 Å². The van der Waals surface area contributed by atoms with Gasteiger partial charge < -0.3 is 10.1 Å². The summed E-state index contributed by atoms with van der Waals surface area (Å²) in [4.78, 5) is 0. The second-order valence-corrected chi connectivity index (χ2v) is 4.83. The summed E-state index contributed by atoms with van der Waals surface area (Å²) in [5.74, 6) is 1.48. The lowest BCUT2D eigenvalue weighted by molar-refractivity contribution is 0.328. The highest BCUT2D eigenvalue weighted by atomic mass is 16.5. The van der Waals surface area contributed by atoms with Gasteiger partial charge in [-0.2, -0.15) is 0 Å². The zero-order valence-electron chi connectivity index (χ0n) is 11.6. The van der Waals surface area contributed by atoms with E-state index < -0.39 is 0 Å². The van der Waals surface area contributed by atoms with Crippen molar-refractivity contribution in [2.24, 2.45) is 0 Å². The minimum atomic E-state index is 0.485. The molecule has 0 fully saturated rings. The molecule has 0 aromatic heterocycles. The van der Waals surface area contributed by atoms with Gasteiger partial charge in [0.25, 0.3) is 0 Å². The van der Waals surface area contributed by atoms with Crippen molar-refractivity contribution in [2.75, 3.05) is 18.5 Å². The molecule has 2 aromatic carbocycles. The van der Waals surface area contributed by atoms with Gasteiger partial charge in [-0.25, -0.2) is 0 Å². The van der Waals surface area contributed by atoms with Gasteiger partial charge in [-0.1, -0.05) is 50.2 Å². The lowest BCUT2D eigenvalue weighted by Gasteiger charge is -2.14. The molecular formula is C17H21NO. The molecule has 0 aliphatic heterocycles. The Balaban J connectivity index is 1.83. The number of ether oxygens (including phenoxy) is 1. The van der Waals surface area contributed by atoms with Gasteiger partial charge in [0, 0.05) is 12.2 Å². The Kier molecular flexibility index (Phi) is 4.85. The molecule has 0 spiro atoms. The predicted molar refractivity (Wildman–Crippen MR) is 81.0 cm³/mol. The van der Waals surface area contributed by atoms with Crippen LogP contribution in [0, 0.1) is 0 Å². The van der Waals surface area contributed by atoms with E-state index >= 15 is 0 Å². The Morgan fingerprint density at radius 2 is 1.63 bits per heavy atom. The van der Waals surface area contributed by atoms with Crippen LogP contribution in [0.4, 0.5) is 5.69 Å². The van der Waals surface area contributed by atoms with Gasteiger partial charge in [0.2, 0.25) is 0 Å². The lowest BCUT2D eigenvalue weighted by atomic mass is 10.0. The number of hydrogen-bond donors (Lipinski definition) is 1. The molecule has 100 valence electrons. The summed E-state index contributed by atoms with van der Waals surface area (Å²) in [6.45, 7) is 5.84. The van der Waals surface area contributed by atoms with Crippen LogP contribution >= 0.6 is 0 Å². The molecule has 0 saturated carbocycles. The fourth-order valence-electron chi connectivity index (χ4n) is 2.00. The molecule has 0 radical (unpaired) electrons. The standard InChI is InChI=1S/C17H21NO/c1-14(2)16-10-6-7-11-17(16)19-13-12-18-15-8-4-3-5-9-15/h3-11,14,18H,12-13H2,1-2H3. The van der Waals surface area contributed by atoms with Crippen molar-refractivity contribution in [1.82, 2.24) is 0 Å². The summed E-state index contributed by atoms with van der Waals surface area (Å²) in [5, 5.41) is 3.34. The third kappa shape index (κ3) is 4.02. The second kappa shape index (κ2) is 6.83. The molecule has 19 heavy (non-hydrogen) atoms. The maximum atomic E-state index is 5.86. The molecule has 2 aromatic rings. The normalized spacial score (nSPS) is 10.5. The maximum absolute atomic E-state index is 5.86. The van der Waals surface area contributed by atoms with Gasteiger partial charge in [-0.05, 0) is 29.7 Å². The smallest absolute Gasteiger partial charge is 0.122 e. The minimum absolute atomic E-state index is 0.485. The van der Waals surface area contributed by atoms with E-state index in [4.69, 9.17) is 4.74 Å². The first-order valence-electron chi connectivity index (χ1n) is 6.78. The van der Waals surface area contributed by atoms with Crippen molar-refractivity contribution in [3.63, 3.8) is 0 Å². The Hall–Kier alpha value is -1.96. The van der Waals surface area contributed by atoms with Crippen molar-refractivity contribution < 1.29 is 4.74 Å². The summed E-state index contributed by atoms with van der Waals surface area (Å²) in [6.07, 6.45) is 0. The van der Waals surface area contributed by atoms with Crippen LogP contribution in [0.1, 0.15) is 25.3 Å². The molecule has 2 heteroatoms. The number of benzene rings is 2. The quantitative estimate of drug-likeness (QED) is 0.777. The first-order chi connectivity index (χ1) is 9.27. The zero-order valence-corrected chi connectivity index (χ0v) is 11.6. The van der Waals surface area contributed by atoms with E-state index in [0.717, 1.165) is 18.0 Å². The molecule has 0 aliphatic rings. The molecule has 0 atom stereocenters. The molecule has 0 bridgehead atoms. The van der Waals surface area contributed by atoms with E-state index in [1.54, 1.807) is 0 Å². The summed E-state index contributed by atoms with van der Waals surface area (Å²) in [6, 6.07) is 18.4. The molecule has 2 nitrogen and oxygen atoms in total. The molecule has 0 unspecified atom stereocenters. The van der Waals surface area contributed by atoms with Crippen molar-refractivity contribution in [3.05, 3.63) is 60.2 Å². The van der Waals surface area contributed by atoms with Gasteiger partial charge in [0.15, 0.2) is 0 Å². The van der Waals surface area contributed by atoms with E-state index in [-0.39, 0.29) is 0 Å². The fourth-order valence-corrected chi connectivity index (χ4v) is 2.00. The van der Waals surface area contributed by atoms with Crippen LogP contribution < -0.4 is 10.1 Å². The van der Waals surface area contributed by atoms with Crippen molar-refractivity contribution in [2.45, 2.75) is 19.8 Å². The van der Waals surface area contributed by atoms with Crippen LogP contribution in [0.5, 0.6) is 5.75 Å². The monoisotopic (exact) mass is 255 g/mol. The van der Waals surface area contributed by atoms with Crippen molar-refractivity contribution in [3.8, 4) is 5.75 Å². The van der Waals surface area contributed by atoms with Gasteiger partial charge in [0.05, 0.1) is 0 Å². The number of hydrogen-bond acceptors (Lipinski definition) is 2. The largest absolute Gasteiger partial charge is 0.491 e. The van der Waals surface area contributed by atoms with Crippen LogP contribution in [-0.4, -0.2) is 13.2 Å². The molecule has 0 heterocycles. The summed E-state index contributed by atoms with van der Waals surface area (Å²) >= 11 is 0. The summed E-state index contributed by atoms with van der Waals surface area (Å²) in [5.41, 5.74) is 2.39. The highest BCUT2D eigenvalue weighted by Crippen LogP contribution is 2.25. The van der Waals surface area contributed by atoms with Crippen LogP contribution in [-0.2, 0) is 0 Å². The van der Waals surface area contributed by atoms with E-state index in [2.05, 4.69) is 43.4 Å². The van der Waals surface area contributed by atoms with Crippen LogP contribution in [0.15, 0.2) is 54.6 Å². The Morgan fingerprint density at radius 3 is 2.37 bits per heavy atom. The minimum Gasteiger partial charge on any atom is -0.491 e. The number of para-hydroxylation sites is 2. The predicted octanol–water partition coefficient (Wildman–Crippen LogP) is 4.30. The van der Waals surface area contributed by atoms with Gasteiger partial charge >= 0.3 is 0 Å². The highest BCUT2D eigenvalue weighted by Gasteiger charge is 2.06. The topological polar surface area (TPSA) is 21.3 Å². The van der Waals surface area contributed by atoms with Gasteiger partial charge in [0.1, 0.15) is 12.4 Å². The zero-order chi connectivity index (χ0) is 13.5. The van der Waals surface area contributed by atoms with Crippen molar-refractivity contribution in [1.29, 1.82) is 0 Å². The average Bonchev–Trinajstić information content (AvgIpc) is 2.45. The van der Waals surface area contributed by atoms with Crippen LogP contribution in [0.2, 0.25) is 0 Å². The second-order valence-electron chi connectivity index (χ2n) is 4.83.